The number of nitrogens with zero attached hydrogens (tertiary/aromatic N) is 1. The Hall–Kier alpha value is -3.58. The summed E-state index contributed by atoms with van der Waals surface area (Å²) in [5.41, 5.74) is 0.742. The third-order valence-electron chi connectivity index (χ3n) is 6.34. The predicted molar refractivity (Wildman–Crippen MR) is 144 cm³/mol. The Morgan fingerprint density at radius 1 is 1.11 bits per heavy atom. The molecule has 37 heavy (non-hydrogen) atoms. The fourth-order valence-electron chi connectivity index (χ4n) is 4.13. The third kappa shape index (κ3) is 5.72. The summed E-state index contributed by atoms with van der Waals surface area (Å²) in [5, 5.41) is -0.171. The Morgan fingerprint density at radius 3 is 2.27 bits per heavy atom. The number of carbonyl (C=O) groups excluding carboxylic acids is 3. The van der Waals surface area contributed by atoms with Gasteiger partial charge in [-0.3, -0.25) is 14.4 Å². The van der Waals surface area contributed by atoms with Crippen molar-refractivity contribution in [3.05, 3.63) is 76.2 Å². The number of benzene rings is 1. The van der Waals surface area contributed by atoms with Crippen molar-refractivity contribution in [1.82, 2.24) is 0 Å². The van der Waals surface area contributed by atoms with E-state index in [4.69, 9.17) is 25.8 Å². The topological polar surface area (TPSA) is 82.1 Å². The van der Waals surface area contributed by atoms with Gasteiger partial charge in [0.05, 0.1) is 24.9 Å². The van der Waals surface area contributed by atoms with Crippen LogP contribution in [0.5, 0.6) is 11.5 Å². The van der Waals surface area contributed by atoms with Gasteiger partial charge in [-0.2, -0.15) is 0 Å². The summed E-state index contributed by atoms with van der Waals surface area (Å²) in [6, 6.07) is 5.33. The summed E-state index contributed by atoms with van der Waals surface area (Å²) in [6.07, 6.45) is 10.3. The molecule has 1 heterocycles. The number of ketones is 2. The highest BCUT2D eigenvalue weighted by Gasteiger charge is 2.52. The van der Waals surface area contributed by atoms with E-state index in [1.54, 1.807) is 49.6 Å². The van der Waals surface area contributed by atoms with E-state index in [2.05, 4.69) is 19.9 Å². The van der Waals surface area contributed by atoms with E-state index in [1.807, 2.05) is 19.1 Å². The number of ether oxygens (including phenoxy) is 3. The molecule has 0 saturated heterocycles. The van der Waals surface area contributed by atoms with Crippen molar-refractivity contribution in [2.75, 3.05) is 19.1 Å². The van der Waals surface area contributed by atoms with Crippen LogP contribution in [-0.2, 0) is 19.1 Å². The molecule has 0 amide bonds. The fourth-order valence-corrected chi connectivity index (χ4v) is 4.46. The van der Waals surface area contributed by atoms with Crippen molar-refractivity contribution >= 4 is 34.8 Å². The first-order valence-corrected chi connectivity index (χ1v) is 12.3. The minimum Gasteiger partial charge on any atom is -0.497 e. The summed E-state index contributed by atoms with van der Waals surface area (Å²) in [5.74, 6) is -0.647. The lowest BCUT2D eigenvalue weighted by atomic mass is 9.79. The molecule has 196 valence electrons. The van der Waals surface area contributed by atoms with Crippen molar-refractivity contribution in [2.45, 2.75) is 46.6 Å². The maximum atomic E-state index is 13.5. The molecule has 0 N–H and O–H groups in total. The second-order valence-electron chi connectivity index (χ2n) is 9.20. The number of hydrogen-bond acceptors (Lipinski definition) is 7. The van der Waals surface area contributed by atoms with Gasteiger partial charge >= 0.3 is 5.97 Å². The number of fused-ring (bicyclic) bond motifs is 1. The second-order valence-corrected chi connectivity index (χ2v) is 9.57. The molecule has 1 aromatic rings. The van der Waals surface area contributed by atoms with Gasteiger partial charge in [-0.05, 0) is 31.9 Å². The summed E-state index contributed by atoms with van der Waals surface area (Å²) < 4.78 is 16.1. The third-order valence-corrected chi connectivity index (χ3v) is 6.71. The molecule has 1 aliphatic carbocycles. The highest BCUT2D eigenvalue weighted by atomic mass is 35.5. The zero-order valence-corrected chi connectivity index (χ0v) is 22.9. The van der Waals surface area contributed by atoms with Crippen molar-refractivity contribution in [1.29, 1.82) is 0 Å². The molecule has 0 fully saturated rings. The lowest BCUT2D eigenvalue weighted by Gasteiger charge is -2.35. The van der Waals surface area contributed by atoms with Gasteiger partial charge in [0.15, 0.2) is 0 Å². The minimum absolute atomic E-state index is 0.152. The SMILES string of the molecule is CC[C@H](C)/C=C(C)/C=C/C1=CC2=C(Cl)C(=O)[C@](C)(OC(C)=O)C(=O)C2=CN1c1cc(OC)cc(OC)c1. The maximum absolute atomic E-state index is 13.5. The van der Waals surface area contributed by atoms with Crippen molar-refractivity contribution in [3.8, 4) is 11.5 Å². The highest BCUT2D eigenvalue weighted by molar-refractivity contribution is 6.49. The lowest BCUT2D eigenvalue weighted by Crippen LogP contribution is -2.52. The molecule has 1 aliphatic heterocycles. The number of halogens is 1. The van der Waals surface area contributed by atoms with Gasteiger partial charge in [-0.25, -0.2) is 0 Å². The van der Waals surface area contributed by atoms with Crippen LogP contribution in [0.3, 0.4) is 0 Å². The zero-order chi connectivity index (χ0) is 27.5. The Labute approximate surface area is 222 Å². The van der Waals surface area contributed by atoms with Crippen molar-refractivity contribution < 1.29 is 28.6 Å². The Balaban J connectivity index is 2.23. The van der Waals surface area contributed by atoms with Crippen LogP contribution in [0.4, 0.5) is 5.69 Å². The Bertz CT molecular complexity index is 1260. The predicted octanol–water partition coefficient (Wildman–Crippen LogP) is 5.81. The number of methoxy groups -OCH3 is 2. The molecule has 8 heteroatoms. The minimum atomic E-state index is -2.05. The van der Waals surface area contributed by atoms with E-state index < -0.39 is 23.1 Å². The Morgan fingerprint density at radius 2 is 1.73 bits per heavy atom. The molecular weight excluding hydrogens is 494 g/mol. The molecule has 7 nitrogen and oxygen atoms in total. The van der Waals surface area contributed by atoms with Gasteiger partial charge in [0.25, 0.3) is 0 Å². The average molecular weight is 526 g/mol. The van der Waals surface area contributed by atoms with Gasteiger partial charge in [0.2, 0.25) is 17.2 Å². The second kappa shape index (κ2) is 11.2. The average Bonchev–Trinajstić information content (AvgIpc) is 2.88. The van der Waals surface area contributed by atoms with Crippen molar-refractivity contribution in [3.63, 3.8) is 0 Å². The van der Waals surface area contributed by atoms with Crippen LogP contribution in [0.2, 0.25) is 0 Å². The normalized spacial score (nSPS) is 21.0. The number of Topliss-reactive ketones (excluding diaryl/α,β-unsaturated/α-hetero) is 2. The molecule has 0 spiro atoms. The van der Waals surface area contributed by atoms with Crippen LogP contribution < -0.4 is 14.4 Å². The number of anilines is 1. The highest BCUT2D eigenvalue weighted by Crippen LogP contribution is 2.41. The van der Waals surface area contributed by atoms with Gasteiger partial charge in [0, 0.05) is 48.2 Å². The van der Waals surface area contributed by atoms with E-state index in [9.17, 15) is 14.4 Å². The van der Waals surface area contributed by atoms with Crippen LogP contribution >= 0.6 is 11.6 Å². The number of rotatable bonds is 8. The van der Waals surface area contributed by atoms with E-state index >= 15 is 0 Å². The molecule has 0 saturated carbocycles. The molecule has 3 rings (SSSR count). The molecule has 2 atom stereocenters. The Kier molecular flexibility index (Phi) is 8.49. The van der Waals surface area contributed by atoms with E-state index in [0.717, 1.165) is 18.9 Å². The largest absolute Gasteiger partial charge is 0.497 e. The number of esters is 1. The van der Waals surface area contributed by atoms with E-state index in [1.165, 1.54) is 6.92 Å². The van der Waals surface area contributed by atoms with Crippen LogP contribution in [0.15, 0.2) is 76.2 Å². The maximum Gasteiger partial charge on any atom is 0.304 e. The number of allylic oxidation sites excluding steroid dienone is 6. The fraction of sp³-hybridized carbons (Fsp3) is 0.345. The first kappa shape index (κ1) is 28.0. The van der Waals surface area contributed by atoms with Crippen molar-refractivity contribution in [2.24, 2.45) is 5.92 Å². The summed E-state index contributed by atoms with van der Waals surface area (Å²) in [7, 11) is 3.10. The summed E-state index contributed by atoms with van der Waals surface area (Å²) >= 11 is 6.49. The van der Waals surface area contributed by atoms with Crippen LogP contribution in [-0.4, -0.2) is 37.4 Å². The monoisotopic (exact) mass is 525 g/mol. The number of carbonyl (C=O) groups is 3. The lowest BCUT2D eigenvalue weighted by molar-refractivity contribution is -0.167. The van der Waals surface area contributed by atoms with E-state index in [0.29, 0.717) is 28.8 Å². The van der Waals surface area contributed by atoms with Gasteiger partial charge < -0.3 is 19.1 Å². The van der Waals surface area contributed by atoms with Crippen LogP contribution in [0.25, 0.3) is 0 Å². The first-order valence-electron chi connectivity index (χ1n) is 12.0. The molecule has 0 bridgehead atoms. The van der Waals surface area contributed by atoms with E-state index in [-0.39, 0.29) is 16.2 Å². The van der Waals surface area contributed by atoms with Gasteiger partial charge in [-0.1, -0.05) is 49.6 Å². The van der Waals surface area contributed by atoms with Crippen LogP contribution in [0, 0.1) is 5.92 Å². The molecule has 0 aromatic heterocycles. The molecule has 2 aliphatic rings. The smallest absolute Gasteiger partial charge is 0.304 e. The van der Waals surface area contributed by atoms with Gasteiger partial charge in [-0.15, -0.1) is 0 Å². The summed E-state index contributed by atoms with van der Waals surface area (Å²) in [6.45, 7) is 8.68. The first-order chi connectivity index (χ1) is 17.4. The zero-order valence-electron chi connectivity index (χ0n) is 22.2. The summed E-state index contributed by atoms with van der Waals surface area (Å²) in [4.78, 5) is 40.1. The van der Waals surface area contributed by atoms with Crippen LogP contribution in [0.1, 0.15) is 41.0 Å². The molecular formula is C29H32ClNO6. The molecule has 0 radical (unpaired) electrons. The quantitative estimate of drug-likeness (QED) is 0.241. The molecule has 0 unspecified atom stereocenters. The number of hydrogen-bond donors (Lipinski definition) is 0. The van der Waals surface area contributed by atoms with Gasteiger partial charge in [0.1, 0.15) is 11.5 Å². The molecule has 1 aromatic carbocycles. The standard InChI is InChI=1S/C29H32ClNO6/c1-8-17(2)11-18(3)9-10-20-14-24-25(27(33)29(5,37-19(4)32)28(34)26(24)30)16-31(20)21-12-22(35-6)15-23(13-21)36-7/h9-17H,8H2,1-7H3/b10-9+,18-11+/t17-,29+/m0/s1.